The Labute approximate surface area is 104 Å². The van der Waals surface area contributed by atoms with Gasteiger partial charge in [-0.05, 0) is 25.3 Å². The van der Waals surface area contributed by atoms with Crippen molar-refractivity contribution in [3.05, 3.63) is 33.3 Å². The van der Waals surface area contributed by atoms with E-state index in [4.69, 9.17) is 22.1 Å². The number of benzene rings is 1. The summed E-state index contributed by atoms with van der Waals surface area (Å²) < 4.78 is 5.67. The Balaban J connectivity index is 2.14. The lowest BCUT2D eigenvalue weighted by Gasteiger charge is -2.18. The summed E-state index contributed by atoms with van der Waals surface area (Å²) in [5.74, 6) is 0.458. The maximum Gasteiger partial charge on any atom is 0.271 e. The molecule has 0 heterocycles. The standard InChI is InChI=1S/C11H13ClN2O3/c12-8-6-7(14(15)16)4-5-10(8)17-11-3-1-2-9(11)13/h4-6,9,11H,1-3,13H2. The Kier molecular flexibility index (Phi) is 3.49. The second-order valence-corrected chi connectivity index (χ2v) is 4.53. The van der Waals surface area contributed by atoms with E-state index in [0.29, 0.717) is 5.75 Å². The highest BCUT2D eigenvalue weighted by Crippen LogP contribution is 2.32. The number of rotatable bonds is 3. The molecular formula is C11H13ClN2O3. The van der Waals surface area contributed by atoms with E-state index in [1.165, 1.54) is 18.2 Å². The molecule has 2 rings (SSSR count). The monoisotopic (exact) mass is 256 g/mol. The van der Waals surface area contributed by atoms with Crippen molar-refractivity contribution in [3.63, 3.8) is 0 Å². The zero-order chi connectivity index (χ0) is 12.4. The highest BCUT2D eigenvalue weighted by Gasteiger charge is 2.26. The van der Waals surface area contributed by atoms with Crippen LogP contribution in [0.3, 0.4) is 0 Å². The van der Waals surface area contributed by atoms with Gasteiger partial charge in [0, 0.05) is 18.2 Å². The van der Waals surface area contributed by atoms with Crippen molar-refractivity contribution < 1.29 is 9.66 Å². The van der Waals surface area contributed by atoms with Gasteiger partial charge in [-0.25, -0.2) is 0 Å². The van der Waals surface area contributed by atoms with Crippen LogP contribution in [0.25, 0.3) is 0 Å². The Morgan fingerprint density at radius 1 is 1.47 bits per heavy atom. The first-order valence-electron chi connectivity index (χ1n) is 5.44. The molecule has 6 heteroatoms. The van der Waals surface area contributed by atoms with Crippen LogP contribution >= 0.6 is 11.6 Å². The van der Waals surface area contributed by atoms with Crippen LogP contribution in [0.2, 0.25) is 5.02 Å². The number of non-ortho nitro benzene ring substituents is 1. The fourth-order valence-corrected chi connectivity index (χ4v) is 2.18. The maximum absolute atomic E-state index is 10.5. The molecule has 0 saturated heterocycles. The van der Waals surface area contributed by atoms with Gasteiger partial charge in [0.25, 0.3) is 5.69 Å². The third-order valence-corrected chi connectivity index (χ3v) is 3.20. The Morgan fingerprint density at radius 2 is 2.24 bits per heavy atom. The predicted octanol–water partition coefficient (Wildman–Crippen LogP) is 2.51. The zero-order valence-corrected chi connectivity index (χ0v) is 9.89. The van der Waals surface area contributed by atoms with Gasteiger partial charge in [0.2, 0.25) is 0 Å². The van der Waals surface area contributed by atoms with E-state index >= 15 is 0 Å². The van der Waals surface area contributed by atoms with Crippen molar-refractivity contribution in [3.8, 4) is 5.75 Å². The molecule has 0 aliphatic heterocycles. The molecule has 0 aromatic heterocycles. The first-order chi connectivity index (χ1) is 8.08. The van der Waals surface area contributed by atoms with Gasteiger partial charge in [-0.1, -0.05) is 11.6 Å². The van der Waals surface area contributed by atoms with Crippen LogP contribution in [-0.2, 0) is 0 Å². The molecule has 1 aliphatic carbocycles. The molecule has 1 aromatic rings. The van der Waals surface area contributed by atoms with Crippen molar-refractivity contribution in [2.24, 2.45) is 5.73 Å². The molecule has 1 aliphatic rings. The normalized spacial score (nSPS) is 23.6. The van der Waals surface area contributed by atoms with E-state index in [-0.39, 0.29) is 22.9 Å². The molecule has 0 radical (unpaired) electrons. The fraction of sp³-hybridized carbons (Fsp3) is 0.455. The smallest absolute Gasteiger partial charge is 0.271 e. The van der Waals surface area contributed by atoms with E-state index in [1.807, 2.05) is 0 Å². The van der Waals surface area contributed by atoms with Crippen LogP contribution in [0.15, 0.2) is 18.2 Å². The van der Waals surface area contributed by atoms with Gasteiger partial charge in [-0.15, -0.1) is 0 Å². The van der Waals surface area contributed by atoms with E-state index in [2.05, 4.69) is 0 Å². The fourth-order valence-electron chi connectivity index (χ4n) is 1.96. The van der Waals surface area contributed by atoms with Crippen molar-refractivity contribution in [2.45, 2.75) is 31.4 Å². The maximum atomic E-state index is 10.5. The molecule has 2 atom stereocenters. The van der Waals surface area contributed by atoms with Crippen LogP contribution in [0.5, 0.6) is 5.75 Å². The van der Waals surface area contributed by atoms with Crippen molar-refractivity contribution in [2.75, 3.05) is 0 Å². The highest BCUT2D eigenvalue weighted by molar-refractivity contribution is 6.32. The molecule has 5 nitrogen and oxygen atoms in total. The van der Waals surface area contributed by atoms with Gasteiger partial charge < -0.3 is 10.5 Å². The second kappa shape index (κ2) is 4.89. The molecule has 0 amide bonds. The van der Waals surface area contributed by atoms with Gasteiger partial charge in [0.1, 0.15) is 11.9 Å². The third-order valence-electron chi connectivity index (χ3n) is 2.91. The van der Waals surface area contributed by atoms with Gasteiger partial charge in [0.05, 0.1) is 9.95 Å². The topological polar surface area (TPSA) is 78.4 Å². The summed E-state index contributed by atoms with van der Waals surface area (Å²) in [7, 11) is 0. The summed E-state index contributed by atoms with van der Waals surface area (Å²) in [5, 5.41) is 10.8. The molecule has 17 heavy (non-hydrogen) atoms. The van der Waals surface area contributed by atoms with Crippen LogP contribution < -0.4 is 10.5 Å². The summed E-state index contributed by atoms with van der Waals surface area (Å²) in [4.78, 5) is 10.1. The minimum atomic E-state index is -0.489. The molecular weight excluding hydrogens is 244 g/mol. The van der Waals surface area contributed by atoms with Crippen LogP contribution in [0.1, 0.15) is 19.3 Å². The molecule has 1 saturated carbocycles. The largest absolute Gasteiger partial charge is 0.487 e. The van der Waals surface area contributed by atoms with Crippen LogP contribution in [0.4, 0.5) is 5.69 Å². The molecule has 2 N–H and O–H groups in total. The van der Waals surface area contributed by atoms with E-state index in [0.717, 1.165) is 19.3 Å². The average Bonchev–Trinajstić information content (AvgIpc) is 2.67. The Bertz CT molecular complexity index is 439. The highest BCUT2D eigenvalue weighted by atomic mass is 35.5. The van der Waals surface area contributed by atoms with Crippen molar-refractivity contribution >= 4 is 17.3 Å². The number of nitro groups is 1. The number of nitrogens with zero attached hydrogens (tertiary/aromatic N) is 1. The Hall–Kier alpha value is -1.33. The third kappa shape index (κ3) is 2.68. The van der Waals surface area contributed by atoms with Gasteiger partial charge in [-0.2, -0.15) is 0 Å². The van der Waals surface area contributed by atoms with Crippen molar-refractivity contribution in [1.29, 1.82) is 0 Å². The summed E-state index contributed by atoms with van der Waals surface area (Å²) in [6.45, 7) is 0. The first kappa shape index (κ1) is 12.1. The van der Waals surface area contributed by atoms with Crippen LogP contribution in [0, 0.1) is 10.1 Å². The molecule has 1 aromatic carbocycles. The van der Waals surface area contributed by atoms with Crippen molar-refractivity contribution in [1.82, 2.24) is 0 Å². The van der Waals surface area contributed by atoms with Gasteiger partial charge >= 0.3 is 0 Å². The predicted molar refractivity (Wildman–Crippen MR) is 64.3 cm³/mol. The van der Waals surface area contributed by atoms with E-state index in [9.17, 15) is 10.1 Å². The quantitative estimate of drug-likeness (QED) is 0.666. The lowest BCUT2D eigenvalue weighted by atomic mass is 10.2. The lowest BCUT2D eigenvalue weighted by Crippen LogP contribution is -2.33. The summed E-state index contributed by atoms with van der Waals surface area (Å²) in [6.07, 6.45) is 2.83. The molecule has 92 valence electrons. The summed E-state index contributed by atoms with van der Waals surface area (Å²) >= 11 is 5.93. The zero-order valence-electron chi connectivity index (χ0n) is 9.14. The SMILES string of the molecule is NC1CCCC1Oc1ccc([N+](=O)[O-])cc1Cl. The summed E-state index contributed by atoms with van der Waals surface area (Å²) in [5.41, 5.74) is 5.84. The second-order valence-electron chi connectivity index (χ2n) is 4.12. The number of nitro benzene ring substituents is 1. The number of hydrogen-bond acceptors (Lipinski definition) is 4. The average molecular weight is 257 g/mol. The number of nitrogens with two attached hydrogens (primary N) is 1. The first-order valence-corrected chi connectivity index (χ1v) is 5.82. The summed E-state index contributed by atoms with van der Waals surface area (Å²) in [6, 6.07) is 4.20. The van der Waals surface area contributed by atoms with Gasteiger partial charge in [-0.3, -0.25) is 10.1 Å². The van der Waals surface area contributed by atoms with E-state index < -0.39 is 4.92 Å². The minimum absolute atomic E-state index is 0.0151. The van der Waals surface area contributed by atoms with E-state index in [1.54, 1.807) is 0 Å². The molecule has 0 bridgehead atoms. The Morgan fingerprint density at radius 3 is 2.76 bits per heavy atom. The lowest BCUT2D eigenvalue weighted by molar-refractivity contribution is -0.384. The van der Waals surface area contributed by atoms with Gasteiger partial charge in [0.15, 0.2) is 0 Å². The minimum Gasteiger partial charge on any atom is -0.487 e. The number of halogens is 1. The molecule has 1 fully saturated rings. The molecule has 0 spiro atoms. The number of hydrogen-bond donors (Lipinski definition) is 1. The van der Waals surface area contributed by atoms with Crippen LogP contribution in [-0.4, -0.2) is 17.1 Å². The molecule has 2 unspecified atom stereocenters. The number of ether oxygens (including phenoxy) is 1.